The van der Waals surface area contributed by atoms with Gasteiger partial charge in [0.2, 0.25) is 10.0 Å². The third kappa shape index (κ3) is 5.89. The molecule has 0 aromatic heterocycles. The molecule has 2 aromatic carbocycles. The number of hydrogen-bond acceptors (Lipinski definition) is 7. The highest BCUT2D eigenvalue weighted by molar-refractivity contribution is 7.89. The largest absolute Gasteiger partial charge is 0.386 e. The monoisotopic (exact) mass is 460 g/mol. The first kappa shape index (κ1) is 23.4. The predicted octanol–water partition coefficient (Wildman–Crippen LogP) is 3.07. The molecule has 0 aliphatic carbocycles. The standard InChI is InChI=1S/C21H24N4O6S/c1-16-8-9-18(13-20(16)32(29,30)24-10-3-2-4-11-24)23-21(26)15-31-22-14-17-6-5-7-19(12-17)25(27)28/h5-9,12-14H,2-4,10-11,15H2,1H3,(H,23,26). The van der Waals surface area contributed by atoms with Crippen molar-refractivity contribution in [2.75, 3.05) is 25.0 Å². The molecule has 32 heavy (non-hydrogen) atoms. The molecule has 0 spiro atoms. The Balaban J connectivity index is 1.60. The molecule has 3 rings (SSSR count). The van der Waals surface area contributed by atoms with Crippen molar-refractivity contribution in [3.8, 4) is 0 Å². The summed E-state index contributed by atoms with van der Waals surface area (Å²) in [4.78, 5) is 27.5. The van der Waals surface area contributed by atoms with Crippen LogP contribution in [0, 0.1) is 17.0 Å². The second-order valence-electron chi connectivity index (χ2n) is 7.35. The quantitative estimate of drug-likeness (QED) is 0.366. The van der Waals surface area contributed by atoms with Crippen molar-refractivity contribution in [2.24, 2.45) is 5.16 Å². The van der Waals surface area contributed by atoms with E-state index in [-0.39, 0.29) is 10.6 Å². The van der Waals surface area contributed by atoms with Gasteiger partial charge in [0, 0.05) is 36.5 Å². The van der Waals surface area contributed by atoms with Crippen LogP contribution in [0.4, 0.5) is 11.4 Å². The zero-order valence-corrected chi connectivity index (χ0v) is 18.4. The third-order valence-corrected chi connectivity index (χ3v) is 7.00. The second-order valence-corrected chi connectivity index (χ2v) is 9.26. The maximum Gasteiger partial charge on any atom is 0.270 e. The molecule has 1 saturated heterocycles. The molecule has 0 radical (unpaired) electrons. The number of nitrogens with one attached hydrogen (secondary N) is 1. The second kappa shape index (κ2) is 10.3. The number of sulfonamides is 1. The average molecular weight is 461 g/mol. The zero-order chi connectivity index (χ0) is 23.1. The van der Waals surface area contributed by atoms with Crippen molar-refractivity contribution in [1.82, 2.24) is 4.31 Å². The van der Waals surface area contributed by atoms with Crippen LogP contribution in [0.1, 0.15) is 30.4 Å². The predicted molar refractivity (Wildman–Crippen MR) is 119 cm³/mol. The number of hydrogen-bond donors (Lipinski definition) is 1. The highest BCUT2D eigenvalue weighted by Crippen LogP contribution is 2.26. The van der Waals surface area contributed by atoms with Crippen LogP contribution in [0.5, 0.6) is 0 Å². The van der Waals surface area contributed by atoms with Gasteiger partial charge >= 0.3 is 0 Å². The van der Waals surface area contributed by atoms with E-state index in [9.17, 15) is 23.3 Å². The normalized spacial score (nSPS) is 14.9. The van der Waals surface area contributed by atoms with Gasteiger partial charge in [-0.3, -0.25) is 14.9 Å². The number of piperidine rings is 1. The number of oxime groups is 1. The lowest BCUT2D eigenvalue weighted by Gasteiger charge is -2.26. The van der Waals surface area contributed by atoms with E-state index in [1.54, 1.807) is 25.1 Å². The molecular formula is C21H24N4O6S. The number of aryl methyl sites for hydroxylation is 1. The van der Waals surface area contributed by atoms with Crippen molar-refractivity contribution >= 4 is 33.5 Å². The Morgan fingerprint density at radius 1 is 1.22 bits per heavy atom. The number of benzene rings is 2. The molecule has 0 atom stereocenters. The molecule has 1 fully saturated rings. The third-order valence-electron chi connectivity index (χ3n) is 4.96. The van der Waals surface area contributed by atoms with Gasteiger partial charge in [0.05, 0.1) is 16.0 Å². The van der Waals surface area contributed by atoms with Crippen LogP contribution in [-0.4, -0.2) is 49.5 Å². The number of rotatable bonds is 8. The van der Waals surface area contributed by atoms with E-state index in [1.807, 2.05) is 0 Å². The summed E-state index contributed by atoms with van der Waals surface area (Å²) in [6.45, 7) is 2.30. The summed E-state index contributed by atoms with van der Waals surface area (Å²) < 4.78 is 27.5. The molecule has 1 amide bonds. The maximum atomic E-state index is 13.0. The summed E-state index contributed by atoms with van der Waals surface area (Å²) in [5, 5.41) is 17.0. The number of nitrogens with zero attached hydrogens (tertiary/aromatic N) is 3. The minimum atomic E-state index is -3.63. The lowest BCUT2D eigenvalue weighted by atomic mass is 10.2. The van der Waals surface area contributed by atoms with Gasteiger partial charge in [0.25, 0.3) is 11.6 Å². The number of amides is 1. The van der Waals surface area contributed by atoms with Crippen molar-refractivity contribution in [3.05, 3.63) is 63.7 Å². The first-order chi connectivity index (χ1) is 15.3. The topological polar surface area (TPSA) is 131 Å². The number of carbonyl (C=O) groups is 1. The van der Waals surface area contributed by atoms with Gasteiger partial charge in [-0.05, 0) is 37.5 Å². The number of nitro groups is 1. The minimum absolute atomic E-state index is 0.0821. The van der Waals surface area contributed by atoms with Gasteiger partial charge in [0.15, 0.2) is 6.61 Å². The Bertz CT molecular complexity index is 1130. The summed E-state index contributed by atoms with van der Waals surface area (Å²) in [7, 11) is -3.63. The number of carbonyl (C=O) groups excluding carboxylic acids is 1. The van der Waals surface area contributed by atoms with Crippen molar-refractivity contribution < 1.29 is 23.0 Å². The molecule has 1 aliphatic heterocycles. The van der Waals surface area contributed by atoms with E-state index in [4.69, 9.17) is 4.84 Å². The van der Waals surface area contributed by atoms with Gasteiger partial charge in [-0.1, -0.05) is 29.8 Å². The zero-order valence-electron chi connectivity index (χ0n) is 17.6. The van der Waals surface area contributed by atoms with Crippen LogP contribution < -0.4 is 5.32 Å². The SMILES string of the molecule is Cc1ccc(NC(=O)CON=Cc2cccc([N+](=O)[O-])c2)cc1S(=O)(=O)N1CCCCC1. The smallest absolute Gasteiger partial charge is 0.270 e. The molecule has 0 bridgehead atoms. The molecule has 1 aliphatic rings. The number of anilines is 1. The van der Waals surface area contributed by atoms with E-state index in [0.29, 0.717) is 29.9 Å². The Labute approximate surface area is 186 Å². The molecule has 170 valence electrons. The van der Waals surface area contributed by atoms with Crippen LogP contribution in [0.2, 0.25) is 0 Å². The lowest BCUT2D eigenvalue weighted by molar-refractivity contribution is -0.384. The molecule has 0 saturated carbocycles. The Morgan fingerprint density at radius 3 is 2.69 bits per heavy atom. The fraction of sp³-hybridized carbons (Fsp3) is 0.333. The average Bonchev–Trinajstić information content (AvgIpc) is 2.78. The molecule has 0 unspecified atom stereocenters. The minimum Gasteiger partial charge on any atom is -0.386 e. The van der Waals surface area contributed by atoms with Crippen LogP contribution in [0.3, 0.4) is 0 Å². The Morgan fingerprint density at radius 2 is 1.97 bits per heavy atom. The fourth-order valence-electron chi connectivity index (χ4n) is 3.31. The molecule has 11 heteroatoms. The molecular weight excluding hydrogens is 436 g/mol. The Kier molecular flexibility index (Phi) is 7.54. The first-order valence-electron chi connectivity index (χ1n) is 10.1. The van der Waals surface area contributed by atoms with E-state index >= 15 is 0 Å². The molecule has 1 heterocycles. The Hall–Kier alpha value is -3.31. The maximum absolute atomic E-state index is 13.0. The van der Waals surface area contributed by atoms with Crippen molar-refractivity contribution in [3.63, 3.8) is 0 Å². The summed E-state index contributed by atoms with van der Waals surface area (Å²) in [5.74, 6) is -0.522. The summed E-state index contributed by atoms with van der Waals surface area (Å²) in [5.41, 5.74) is 1.31. The van der Waals surface area contributed by atoms with Crippen molar-refractivity contribution in [2.45, 2.75) is 31.1 Å². The summed E-state index contributed by atoms with van der Waals surface area (Å²) in [6, 6.07) is 10.5. The van der Waals surface area contributed by atoms with Gasteiger partial charge in [0.1, 0.15) is 0 Å². The highest BCUT2D eigenvalue weighted by Gasteiger charge is 2.27. The molecule has 2 aromatic rings. The highest BCUT2D eigenvalue weighted by atomic mass is 32.2. The number of nitro benzene ring substituents is 1. The molecule has 10 nitrogen and oxygen atoms in total. The fourth-order valence-corrected chi connectivity index (χ4v) is 5.08. The van der Waals surface area contributed by atoms with Crippen LogP contribution in [-0.2, 0) is 19.7 Å². The summed E-state index contributed by atoms with van der Waals surface area (Å²) >= 11 is 0. The van der Waals surface area contributed by atoms with Crippen LogP contribution in [0.25, 0.3) is 0 Å². The summed E-state index contributed by atoms with van der Waals surface area (Å²) in [6.07, 6.45) is 3.95. The lowest BCUT2D eigenvalue weighted by Crippen LogP contribution is -2.36. The first-order valence-corrected chi connectivity index (χ1v) is 11.5. The van der Waals surface area contributed by atoms with Crippen molar-refractivity contribution in [1.29, 1.82) is 0 Å². The van der Waals surface area contributed by atoms with Gasteiger partial charge in [-0.25, -0.2) is 8.42 Å². The number of non-ortho nitro benzene ring substituents is 1. The van der Waals surface area contributed by atoms with Gasteiger partial charge < -0.3 is 10.2 Å². The van der Waals surface area contributed by atoms with E-state index < -0.39 is 27.5 Å². The van der Waals surface area contributed by atoms with Gasteiger partial charge in [-0.2, -0.15) is 4.31 Å². The van der Waals surface area contributed by atoms with E-state index in [2.05, 4.69) is 10.5 Å². The van der Waals surface area contributed by atoms with Gasteiger partial charge in [-0.15, -0.1) is 0 Å². The van der Waals surface area contributed by atoms with Crippen LogP contribution in [0.15, 0.2) is 52.5 Å². The molecule has 1 N–H and O–H groups in total. The van der Waals surface area contributed by atoms with E-state index in [0.717, 1.165) is 19.3 Å². The van der Waals surface area contributed by atoms with E-state index in [1.165, 1.54) is 34.8 Å². The van der Waals surface area contributed by atoms with Crippen LogP contribution >= 0.6 is 0 Å².